The third-order valence-electron chi connectivity index (χ3n) is 4.21. The Bertz CT molecular complexity index is 880. The fraction of sp³-hybridized carbons (Fsp3) is 0.467. The average Bonchev–Trinajstić information content (AvgIpc) is 3.19. The van der Waals surface area contributed by atoms with E-state index in [9.17, 15) is 21.6 Å². The van der Waals surface area contributed by atoms with Crippen LogP contribution in [0.5, 0.6) is 0 Å². The summed E-state index contributed by atoms with van der Waals surface area (Å²) in [5, 5.41) is 3.76. The number of aromatic nitrogens is 2. The summed E-state index contributed by atoms with van der Waals surface area (Å²) in [4.78, 5) is 5.24. The van der Waals surface area contributed by atoms with Crippen LogP contribution in [0.2, 0.25) is 0 Å². The second-order valence-corrected chi connectivity index (χ2v) is 7.83. The van der Waals surface area contributed by atoms with Gasteiger partial charge in [0, 0.05) is 25.8 Å². The lowest BCUT2D eigenvalue weighted by molar-refractivity contribution is -0.0436. The van der Waals surface area contributed by atoms with E-state index in [0.717, 1.165) is 12.1 Å². The molecule has 2 atom stereocenters. The maximum atomic E-state index is 12.7. The van der Waals surface area contributed by atoms with E-state index in [1.807, 2.05) is 4.90 Å². The van der Waals surface area contributed by atoms with Crippen molar-refractivity contribution in [3.8, 4) is 0 Å². The third kappa shape index (κ3) is 3.28. The molecule has 2 aromatic rings. The van der Waals surface area contributed by atoms with Gasteiger partial charge in [0.2, 0.25) is 5.89 Å². The largest absolute Gasteiger partial charge is 0.501 e. The molecule has 2 heterocycles. The van der Waals surface area contributed by atoms with Gasteiger partial charge in [-0.2, -0.15) is 18.2 Å². The number of sulfone groups is 1. The van der Waals surface area contributed by atoms with Crippen LogP contribution in [0.4, 0.5) is 18.9 Å². The number of halogens is 3. The van der Waals surface area contributed by atoms with Gasteiger partial charge in [0.15, 0.2) is 5.82 Å². The van der Waals surface area contributed by atoms with Crippen molar-refractivity contribution in [3.05, 3.63) is 36.0 Å². The van der Waals surface area contributed by atoms with Crippen molar-refractivity contribution in [2.24, 2.45) is 0 Å². The highest BCUT2D eigenvalue weighted by atomic mass is 32.2. The van der Waals surface area contributed by atoms with Crippen LogP contribution in [-0.2, 0) is 14.6 Å². The quantitative estimate of drug-likeness (QED) is 0.792. The van der Waals surface area contributed by atoms with E-state index in [2.05, 4.69) is 10.1 Å². The van der Waals surface area contributed by atoms with E-state index >= 15 is 0 Å². The molecule has 1 aliphatic rings. The molecular formula is C15H16F3N3O4S. The minimum Gasteiger partial charge on any atom is -0.380 e. The molecule has 1 saturated heterocycles. The van der Waals surface area contributed by atoms with Crippen molar-refractivity contribution in [2.75, 3.05) is 18.6 Å². The van der Waals surface area contributed by atoms with Gasteiger partial charge in [0.25, 0.3) is 9.84 Å². The highest BCUT2D eigenvalue weighted by Crippen LogP contribution is 2.38. The van der Waals surface area contributed by atoms with Crippen LogP contribution in [0.1, 0.15) is 24.2 Å². The Morgan fingerprint density at radius 1 is 1.27 bits per heavy atom. The van der Waals surface area contributed by atoms with E-state index in [0.29, 0.717) is 30.4 Å². The molecule has 0 aliphatic carbocycles. The van der Waals surface area contributed by atoms with Crippen LogP contribution in [0, 0.1) is 6.92 Å². The number of alkyl halides is 3. The van der Waals surface area contributed by atoms with Gasteiger partial charge in [0.1, 0.15) is 6.04 Å². The molecule has 142 valence electrons. The molecule has 0 bridgehead atoms. The highest BCUT2D eigenvalue weighted by molar-refractivity contribution is 7.92. The van der Waals surface area contributed by atoms with E-state index in [-0.39, 0.29) is 12.1 Å². The van der Waals surface area contributed by atoms with Gasteiger partial charge in [-0.1, -0.05) is 5.16 Å². The monoisotopic (exact) mass is 391 g/mol. The Morgan fingerprint density at radius 2 is 1.92 bits per heavy atom. The fourth-order valence-corrected chi connectivity index (χ4v) is 3.65. The number of hydrogen-bond acceptors (Lipinski definition) is 7. The van der Waals surface area contributed by atoms with Crippen molar-refractivity contribution in [1.82, 2.24) is 10.1 Å². The van der Waals surface area contributed by atoms with Crippen LogP contribution in [0.25, 0.3) is 0 Å². The normalized spacial score (nSPS) is 21.3. The predicted octanol–water partition coefficient (Wildman–Crippen LogP) is 2.64. The van der Waals surface area contributed by atoms with E-state index in [1.165, 1.54) is 12.1 Å². The molecule has 0 radical (unpaired) electrons. The SMILES string of the molecule is COC1CC(c2nc(C)no2)N(c2ccc(S(=O)(=O)C(F)(F)F)cc2)C1. The summed E-state index contributed by atoms with van der Waals surface area (Å²) in [6.45, 7) is 2.13. The number of nitrogens with zero attached hydrogens (tertiary/aromatic N) is 3. The Hall–Kier alpha value is -2.14. The van der Waals surface area contributed by atoms with Gasteiger partial charge in [-0.25, -0.2) is 8.42 Å². The molecule has 1 aliphatic heterocycles. The summed E-state index contributed by atoms with van der Waals surface area (Å²) in [6.07, 6.45) is 0.423. The summed E-state index contributed by atoms with van der Waals surface area (Å²) in [6, 6.07) is 4.22. The molecule has 0 spiro atoms. The minimum atomic E-state index is -5.38. The molecule has 3 rings (SSSR count). The summed E-state index contributed by atoms with van der Waals surface area (Å²) in [5.41, 5.74) is -4.81. The number of rotatable bonds is 4. The van der Waals surface area contributed by atoms with Crippen molar-refractivity contribution in [2.45, 2.75) is 35.9 Å². The number of methoxy groups -OCH3 is 1. The number of hydrogen-bond donors (Lipinski definition) is 0. The van der Waals surface area contributed by atoms with Gasteiger partial charge in [-0.05, 0) is 31.2 Å². The second-order valence-electron chi connectivity index (χ2n) is 5.88. The summed E-state index contributed by atoms with van der Waals surface area (Å²) in [5.74, 6) is 0.835. The number of aryl methyl sites for hydroxylation is 1. The second kappa shape index (κ2) is 6.54. The van der Waals surface area contributed by atoms with Gasteiger partial charge in [0.05, 0.1) is 11.0 Å². The van der Waals surface area contributed by atoms with Crippen molar-refractivity contribution >= 4 is 15.5 Å². The first kappa shape index (κ1) is 18.6. The summed E-state index contributed by atoms with van der Waals surface area (Å²) < 4.78 is 71.5. The fourth-order valence-electron chi connectivity index (χ4n) is 2.89. The van der Waals surface area contributed by atoms with Crippen LogP contribution >= 0.6 is 0 Å². The maximum Gasteiger partial charge on any atom is 0.501 e. The molecule has 7 nitrogen and oxygen atoms in total. The zero-order valence-corrected chi connectivity index (χ0v) is 14.7. The Balaban J connectivity index is 1.92. The maximum absolute atomic E-state index is 12.7. The Morgan fingerprint density at radius 3 is 2.42 bits per heavy atom. The van der Waals surface area contributed by atoms with Crippen LogP contribution in [-0.4, -0.2) is 43.8 Å². The molecule has 1 fully saturated rings. The summed E-state index contributed by atoms with van der Waals surface area (Å²) in [7, 11) is -3.82. The summed E-state index contributed by atoms with van der Waals surface area (Å²) >= 11 is 0. The Kier molecular flexibility index (Phi) is 4.69. The lowest BCUT2D eigenvalue weighted by Crippen LogP contribution is -2.25. The van der Waals surface area contributed by atoms with E-state index < -0.39 is 20.2 Å². The molecule has 1 aromatic heterocycles. The number of benzene rings is 1. The molecule has 0 saturated carbocycles. The smallest absolute Gasteiger partial charge is 0.380 e. The van der Waals surface area contributed by atoms with Crippen LogP contribution in [0.15, 0.2) is 33.7 Å². The minimum absolute atomic E-state index is 0.134. The van der Waals surface area contributed by atoms with Crippen molar-refractivity contribution < 1.29 is 30.8 Å². The average molecular weight is 391 g/mol. The predicted molar refractivity (Wildman–Crippen MR) is 84.2 cm³/mol. The van der Waals surface area contributed by atoms with Gasteiger partial charge in [-0.3, -0.25) is 0 Å². The molecule has 0 amide bonds. The van der Waals surface area contributed by atoms with E-state index in [1.54, 1.807) is 14.0 Å². The third-order valence-corrected chi connectivity index (χ3v) is 5.71. The number of ether oxygens (including phenoxy) is 1. The van der Waals surface area contributed by atoms with E-state index in [4.69, 9.17) is 9.26 Å². The van der Waals surface area contributed by atoms with Gasteiger partial charge in [-0.15, -0.1) is 0 Å². The zero-order valence-electron chi connectivity index (χ0n) is 13.9. The standard InChI is InChI=1S/C15H16F3N3O4S/c1-9-19-14(25-20-9)13-7-11(24-2)8-21(13)10-3-5-12(6-4-10)26(22,23)15(16,17)18/h3-6,11,13H,7-8H2,1-2H3. The van der Waals surface area contributed by atoms with Gasteiger partial charge < -0.3 is 14.2 Å². The first-order valence-electron chi connectivity index (χ1n) is 7.64. The lowest BCUT2D eigenvalue weighted by Gasteiger charge is -2.24. The topological polar surface area (TPSA) is 85.5 Å². The molecule has 1 aromatic carbocycles. The molecule has 0 N–H and O–H groups in total. The highest BCUT2D eigenvalue weighted by Gasteiger charge is 2.47. The van der Waals surface area contributed by atoms with Crippen molar-refractivity contribution in [1.29, 1.82) is 0 Å². The molecule has 11 heteroatoms. The Labute approximate surface area is 147 Å². The zero-order chi connectivity index (χ0) is 19.1. The first-order valence-corrected chi connectivity index (χ1v) is 9.13. The molecular weight excluding hydrogens is 375 g/mol. The molecule has 2 unspecified atom stereocenters. The van der Waals surface area contributed by atoms with Crippen LogP contribution in [0.3, 0.4) is 0 Å². The number of anilines is 1. The lowest BCUT2D eigenvalue weighted by atomic mass is 10.2. The van der Waals surface area contributed by atoms with Crippen LogP contribution < -0.4 is 4.90 Å². The van der Waals surface area contributed by atoms with Gasteiger partial charge >= 0.3 is 5.51 Å². The molecule has 26 heavy (non-hydrogen) atoms. The van der Waals surface area contributed by atoms with Crippen molar-refractivity contribution in [3.63, 3.8) is 0 Å². The first-order chi connectivity index (χ1) is 12.1.